The van der Waals surface area contributed by atoms with Gasteiger partial charge in [-0.3, -0.25) is 4.98 Å². The van der Waals surface area contributed by atoms with E-state index in [2.05, 4.69) is 40.1 Å². The molecule has 3 nitrogen and oxygen atoms in total. The molecule has 2 aromatic rings. The first-order valence-electron chi connectivity index (χ1n) is 5.12. The lowest BCUT2D eigenvalue weighted by Crippen LogP contribution is -2.15. The van der Waals surface area contributed by atoms with E-state index >= 15 is 0 Å². The van der Waals surface area contributed by atoms with Crippen LogP contribution in [-0.4, -0.2) is 16.1 Å². The molecule has 4 heteroatoms. The zero-order valence-corrected chi connectivity index (χ0v) is 9.63. The number of aromatic nitrogens is 2. The fourth-order valence-corrected chi connectivity index (χ4v) is 2.10. The Morgan fingerprint density at radius 3 is 3.20 bits per heavy atom. The second-order valence-electron chi connectivity index (χ2n) is 3.38. The molecule has 80 valence electrons. The van der Waals surface area contributed by atoms with E-state index in [1.54, 1.807) is 11.3 Å². The highest BCUT2D eigenvalue weighted by atomic mass is 32.1. The van der Waals surface area contributed by atoms with E-state index in [-0.39, 0.29) is 0 Å². The van der Waals surface area contributed by atoms with Crippen LogP contribution in [0.25, 0.3) is 0 Å². The largest absolute Gasteiger partial charge is 0.345 e. The summed E-state index contributed by atoms with van der Waals surface area (Å²) >= 11 is 1.70. The molecular formula is C11H15N3S. The van der Waals surface area contributed by atoms with Crippen molar-refractivity contribution in [1.29, 1.82) is 0 Å². The van der Waals surface area contributed by atoms with Crippen LogP contribution in [0.4, 0.5) is 0 Å². The lowest BCUT2D eigenvalue weighted by Gasteiger charge is -2.07. The highest BCUT2D eigenvalue weighted by Crippen LogP contribution is 2.11. The molecule has 0 atom stereocenters. The molecule has 15 heavy (non-hydrogen) atoms. The van der Waals surface area contributed by atoms with Gasteiger partial charge in [0.2, 0.25) is 0 Å². The molecule has 0 amide bonds. The van der Waals surface area contributed by atoms with Crippen molar-refractivity contribution in [2.45, 2.75) is 20.0 Å². The third kappa shape index (κ3) is 2.67. The first-order valence-corrected chi connectivity index (χ1v) is 6.00. The summed E-state index contributed by atoms with van der Waals surface area (Å²) in [6.45, 7) is 4.99. The van der Waals surface area contributed by atoms with Gasteiger partial charge in [0, 0.05) is 29.5 Å². The van der Waals surface area contributed by atoms with Crippen LogP contribution in [-0.2, 0) is 13.1 Å². The van der Waals surface area contributed by atoms with Gasteiger partial charge in [-0.2, -0.15) is 0 Å². The quantitative estimate of drug-likeness (QED) is 0.838. The maximum atomic E-state index is 4.08. The summed E-state index contributed by atoms with van der Waals surface area (Å²) in [5.41, 5.74) is 3.20. The number of hydrogen-bond donors (Lipinski definition) is 1. The third-order valence-corrected chi connectivity index (χ3v) is 3.05. The van der Waals surface area contributed by atoms with Crippen LogP contribution in [0.15, 0.2) is 30.0 Å². The van der Waals surface area contributed by atoms with E-state index in [1.165, 1.54) is 10.6 Å². The fraction of sp³-hybridized carbons (Fsp3) is 0.364. The molecule has 0 aliphatic carbocycles. The normalized spacial score (nSPS) is 10.7. The number of nitrogens with zero attached hydrogens (tertiary/aromatic N) is 2. The Morgan fingerprint density at radius 1 is 1.53 bits per heavy atom. The first kappa shape index (κ1) is 10.4. The molecular weight excluding hydrogens is 206 g/mol. The predicted molar refractivity (Wildman–Crippen MR) is 63.0 cm³/mol. The number of rotatable bonds is 5. The van der Waals surface area contributed by atoms with E-state index in [1.807, 2.05) is 11.7 Å². The van der Waals surface area contributed by atoms with Gasteiger partial charge in [0.25, 0.3) is 0 Å². The summed E-state index contributed by atoms with van der Waals surface area (Å²) in [4.78, 5) is 5.38. The van der Waals surface area contributed by atoms with Crippen LogP contribution >= 0.6 is 11.3 Å². The van der Waals surface area contributed by atoms with Crippen LogP contribution in [0.5, 0.6) is 0 Å². The zero-order valence-electron chi connectivity index (χ0n) is 8.81. The monoisotopic (exact) mass is 221 g/mol. The minimum atomic E-state index is 0.929. The lowest BCUT2D eigenvalue weighted by molar-refractivity contribution is 0.660. The SMILES string of the molecule is CCNCc1cccn1Cc1cncs1. The van der Waals surface area contributed by atoms with Crippen LogP contribution in [0, 0.1) is 0 Å². The third-order valence-electron chi connectivity index (χ3n) is 2.29. The van der Waals surface area contributed by atoms with Crippen LogP contribution in [0.1, 0.15) is 17.5 Å². The average Bonchev–Trinajstić information content (AvgIpc) is 2.87. The Balaban J connectivity index is 2.04. The molecule has 1 N–H and O–H groups in total. The summed E-state index contributed by atoms with van der Waals surface area (Å²) in [7, 11) is 0. The molecule has 0 bridgehead atoms. The van der Waals surface area contributed by atoms with Gasteiger partial charge in [-0.05, 0) is 18.7 Å². The van der Waals surface area contributed by atoms with Gasteiger partial charge in [-0.25, -0.2) is 0 Å². The van der Waals surface area contributed by atoms with E-state index < -0.39 is 0 Å². The van der Waals surface area contributed by atoms with Crippen molar-refractivity contribution in [2.75, 3.05) is 6.54 Å². The minimum Gasteiger partial charge on any atom is -0.345 e. The van der Waals surface area contributed by atoms with E-state index in [0.717, 1.165) is 19.6 Å². The highest BCUT2D eigenvalue weighted by Gasteiger charge is 2.01. The van der Waals surface area contributed by atoms with Crippen molar-refractivity contribution in [2.24, 2.45) is 0 Å². The molecule has 0 unspecified atom stereocenters. The van der Waals surface area contributed by atoms with Crippen molar-refractivity contribution in [1.82, 2.24) is 14.9 Å². The topological polar surface area (TPSA) is 29.9 Å². The summed E-state index contributed by atoms with van der Waals surface area (Å²) < 4.78 is 2.26. The molecule has 2 rings (SSSR count). The smallest absolute Gasteiger partial charge is 0.0794 e. The molecule has 0 aliphatic rings. The highest BCUT2D eigenvalue weighted by molar-refractivity contribution is 7.09. The number of thiazole rings is 1. The maximum absolute atomic E-state index is 4.08. The van der Waals surface area contributed by atoms with Gasteiger partial charge < -0.3 is 9.88 Å². The Morgan fingerprint density at radius 2 is 2.47 bits per heavy atom. The van der Waals surface area contributed by atoms with Crippen molar-refractivity contribution >= 4 is 11.3 Å². The van der Waals surface area contributed by atoms with Crippen LogP contribution < -0.4 is 5.32 Å². The Hall–Kier alpha value is -1.13. The molecule has 2 heterocycles. The molecule has 0 fully saturated rings. The molecule has 2 aromatic heterocycles. The van der Waals surface area contributed by atoms with Crippen molar-refractivity contribution < 1.29 is 0 Å². The van der Waals surface area contributed by atoms with Gasteiger partial charge in [0.1, 0.15) is 0 Å². The second kappa shape index (κ2) is 5.09. The Kier molecular flexibility index (Phi) is 3.53. The molecule has 0 saturated heterocycles. The fourth-order valence-electron chi connectivity index (χ4n) is 1.51. The summed E-state index contributed by atoms with van der Waals surface area (Å²) in [6.07, 6.45) is 4.05. The number of nitrogens with one attached hydrogen (secondary N) is 1. The average molecular weight is 221 g/mol. The standard InChI is InChI=1S/C11H15N3S/c1-2-12-6-10-4-3-5-14(10)8-11-7-13-9-15-11/h3-5,7,9,12H,2,6,8H2,1H3. The summed E-state index contributed by atoms with van der Waals surface area (Å²) in [6, 6.07) is 4.25. The molecule has 0 aromatic carbocycles. The Bertz CT molecular complexity index is 392. The van der Waals surface area contributed by atoms with Gasteiger partial charge in [0.15, 0.2) is 0 Å². The lowest BCUT2D eigenvalue weighted by atomic mass is 10.4. The minimum absolute atomic E-state index is 0.929. The van der Waals surface area contributed by atoms with E-state index in [4.69, 9.17) is 0 Å². The van der Waals surface area contributed by atoms with Crippen molar-refractivity contribution in [3.05, 3.63) is 40.6 Å². The summed E-state index contributed by atoms with van der Waals surface area (Å²) in [5.74, 6) is 0. The zero-order chi connectivity index (χ0) is 10.5. The maximum Gasteiger partial charge on any atom is 0.0794 e. The van der Waals surface area contributed by atoms with Crippen LogP contribution in [0.2, 0.25) is 0 Å². The molecule has 0 aliphatic heterocycles. The van der Waals surface area contributed by atoms with Gasteiger partial charge in [-0.1, -0.05) is 6.92 Å². The van der Waals surface area contributed by atoms with Gasteiger partial charge in [-0.15, -0.1) is 11.3 Å². The van der Waals surface area contributed by atoms with E-state index in [9.17, 15) is 0 Å². The van der Waals surface area contributed by atoms with Gasteiger partial charge >= 0.3 is 0 Å². The first-order chi connectivity index (χ1) is 7.40. The molecule has 0 spiro atoms. The van der Waals surface area contributed by atoms with Crippen molar-refractivity contribution in [3.63, 3.8) is 0 Å². The summed E-state index contributed by atoms with van der Waals surface area (Å²) in [5, 5.41) is 3.34. The second-order valence-corrected chi connectivity index (χ2v) is 4.35. The molecule has 0 saturated carbocycles. The number of hydrogen-bond acceptors (Lipinski definition) is 3. The Labute approximate surface area is 93.8 Å². The van der Waals surface area contributed by atoms with Gasteiger partial charge in [0.05, 0.1) is 12.1 Å². The molecule has 0 radical (unpaired) electrons. The van der Waals surface area contributed by atoms with Crippen LogP contribution in [0.3, 0.4) is 0 Å². The van der Waals surface area contributed by atoms with E-state index in [0.29, 0.717) is 0 Å². The predicted octanol–water partition coefficient (Wildman–Crippen LogP) is 2.10. The van der Waals surface area contributed by atoms with Crippen molar-refractivity contribution in [3.8, 4) is 0 Å².